The molecule has 0 saturated carbocycles. The van der Waals surface area contributed by atoms with Gasteiger partial charge in [0.2, 0.25) is 5.91 Å². The summed E-state index contributed by atoms with van der Waals surface area (Å²) in [6, 6.07) is 6.23. The minimum absolute atomic E-state index is 0.0116. The first-order chi connectivity index (χ1) is 11.5. The normalized spacial score (nSPS) is 24.2. The van der Waals surface area contributed by atoms with Crippen LogP contribution in [0.2, 0.25) is 0 Å². The number of hydrogen-bond acceptors (Lipinski definition) is 4. The zero-order valence-electron chi connectivity index (χ0n) is 14.1. The van der Waals surface area contributed by atoms with Gasteiger partial charge in [-0.1, -0.05) is 18.2 Å². The quantitative estimate of drug-likeness (QED) is 0.736. The molecule has 1 fully saturated rings. The number of nitrogens with zero attached hydrogens (tertiary/aromatic N) is 1. The number of rotatable bonds is 7. The predicted molar refractivity (Wildman–Crippen MR) is 87.9 cm³/mol. The second-order valence-corrected chi connectivity index (χ2v) is 6.50. The molecular weight excluding hydrogens is 313 g/mol. The number of aliphatic hydroxyl groups excluding tert-OH is 2. The fourth-order valence-corrected chi connectivity index (χ4v) is 3.33. The van der Waals surface area contributed by atoms with Crippen LogP contribution in [0.15, 0.2) is 24.3 Å². The Hall–Kier alpha value is -1.50. The van der Waals surface area contributed by atoms with E-state index in [1.165, 1.54) is 6.07 Å². The van der Waals surface area contributed by atoms with Gasteiger partial charge in [0.25, 0.3) is 0 Å². The Labute approximate surface area is 142 Å². The monoisotopic (exact) mass is 339 g/mol. The number of carbonyl (C=O) groups excluding carboxylic acids is 1. The Morgan fingerprint density at radius 2 is 2.21 bits per heavy atom. The van der Waals surface area contributed by atoms with Crippen LogP contribution < -0.4 is 0 Å². The lowest BCUT2D eigenvalue weighted by Crippen LogP contribution is -2.55. The number of likely N-dealkylation sites (tertiary alicyclic amines) is 1. The second-order valence-electron chi connectivity index (χ2n) is 6.50. The van der Waals surface area contributed by atoms with E-state index in [2.05, 4.69) is 0 Å². The van der Waals surface area contributed by atoms with Crippen molar-refractivity contribution < 1.29 is 24.1 Å². The molecule has 2 N–H and O–H groups in total. The molecule has 6 heteroatoms. The van der Waals surface area contributed by atoms with Gasteiger partial charge in [-0.2, -0.15) is 0 Å². The highest BCUT2D eigenvalue weighted by Gasteiger charge is 2.43. The maximum absolute atomic E-state index is 13.7. The minimum Gasteiger partial charge on any atom is -0.396 e. The molecule has 134 valence electrons. The number of amides is 1. The molecule has 5 nitrogen and oxygen atoms in total. The summed E-state index contributed by atoms with van der Waals surface area (Å²) >= 11 is 0. The van der Waals surface area contributed by atoms with Crippen molar-refractivity contribution >= 4 is 5.91 Å². The maximum Gasteiger partial charge on any atom is 0.227 e. The number of benzene rings is 1. The lowest BCUT2D eigenvalue weighted by atomic mass is 9.74. The summed E-state index contributed by atoms with van der Waals surface area (Å²) in [7, 11) is 1.60. The first kappa shape index (κ1) is 18.8. The Kier molecular flexibility index (Phi) is 6.71. The van der Waals surface area contributed by atoms with Gasteiger partial charge in [0, 0.05) is 32.2 Å². The number of methoxy groups -OCH3 is 1. The van der Waals surface area contributed by atoms with Gasteiger partial charge >= 0.3 is 0 Å². The van der Waals surface area contributed by atoms with Crippen LogP contribution in [0.5, 0.6) is 0 Å². The van der Waals surface area contributed by atoms with Crippen LogP contribution in [0, 0.1) is 11.2 Å². The van der Waals surface area contributed by atoms with Crippen molar-refractivity contribution in [2.45, 2.75) is 31.8 Å². The van der Waals surface area contributed by atoms with Gasteiger partial charge in [-0.25, -0.2) is 4.39 Å². The standard InChI is InChI=1S/C18H26FNO4/c1-24-10-4-8-18(13-21)12-20(9-7-16(18)22)17(23)11-14-5-2-3-6-15(14)19/h2-3,5-6,16,21-22H,4,7-13H2,1H3/t16-,18+/m1/s1. The molecule has 1 aromatic carbocycles. The van der Waals surface area contributed by atoms with Crippen LogP contribution in [0.25, 0.3) is 0 Å². The first-order valence-electron chi connectivity index (χ1n) is 8.31. The van der Waals surface area contributed by atoms with E-state index in [4.69, 9.17) is 4.74 Å². The topological polar surface area (TPSA) is 70.0 Å². The number of carbonyl (C=O) groups is 1. The Morgan fingerprint density at radius 3 is 2.88 bits per heavy atom. The third-order valence-corrected chi connectivity index (χ3v) is 4.88. The molecule has 1 aliphatic heterocycles. The maximum atomic E-state index is 13.7. The van der Waals surface area contributed by atoms with Gasteiger partial charge in [-0.05, 0) is 30.9 Å². The van der Waals surface area contributed by atoms with Crippen LogP contribution in [0.1, 0.15) is 24.8 Å². The van der Waals surface area contributed by atoms with E-state index in [-0.39, 0.29) is 25.5 Å². The molecule has 0 aromatic heterocycles. The smallest absolute Gasteiger partial charge is 0.227 e. The number of halogens is 1. The van der Waals surface area contributed by atoms with Crippen LogP contribution in [0.4, 0.5) is 4.39 Å². The highest BCUT2D eigenvalue weighted by Crippen LogP contribution is 2.35. The lowest BCUT2D eigenvalue weighted by molar-refractivity contribution is -0.142. The lowest BCUT2D eigenvalue weighted by Gasteiger charge is -2.45. The molecule has 1 aliphatic rings. The number of piperidine rings is 1. The molecule has 2 rings (SSSR count). The van der Waals surface area contributed by atoms with E-state index in [1.807, 2.05) is 0 Å². The summed E-state index contributed by atoms with van der Waals surface area (Å²) in [5, 5.41) is 20.2. The van der Waals surface area contributed by atoms with E-state index in [0.717, 1.165) is 0 Å². The van der Waals surface area contributed by atoms with Gasteiger partial charge in [-0.3, -0.25) is 4.79 Å². The summed E-state index contributed by atoms with van der Waals surface area (Å²) in [4.78, 5) is 14.2. The van der Waals surface area contributed by atoms with Gasteiger partial charge in [0.15, 0.2) is 0 Å². The third-order valence-electron chi connectivity index (χ3n) is 4.88. The molecule has 2 atom stereocenters. The molecule has 1 aromatic rings. The Balaban J connectivity index is 2.05. The third kappa shape index (κ3) is 4.32. The minimum atomic E-state index is -0.734. The number of aliphatic hydroxyl groups is 2. The number of ether oxygens (including phenoxy) is 1. The van der Waals surface area contributed by atoms with Crippen LogP contribution in [0.3, 0.4) is 0 Å². The van der Waals surface area contributed by atoms with Gasteiger partial charge in [0.1, 0.15) is 5.82 Å². The van der Waals surface area contributed by atoms with Crippen LogP contribution in [-0.4, -0.2) is 60.5 Å². The molecule has 0 radical (unpaired) electrons. The van der Waals surface area contributed by atoms with E-state index < -0.39 is 17.3 Å². The van der Waals surface area contributed by atoms with Crippen molar-refractivity contribution in [1.82, 2.24) is 4.90 Å². The fourth-order valence-electron chi connectivity index (χ4n) is 3.33. The van der Waals surface area contributed by atoms with Crippen LogP contribution in [-0.2, 0) is 16.0 Å². The molecule has 0 spiro atoms. The molecule has 1 saturated heterocycles. The van der Waals surface area contributed by atoms with Crippen molar-refractivity contribution in [2.75, 3.05) is 33.4 Å². The van der Waals surface area contributed by atoms with Crippen LogP contribution >= 0.6 is 0 Å². The van der Waals surface area contributed by atoms with Crippen molar-refractivity contribution in [3.63, 3.8) is 0 Å². The Bertz CT molecular complexity index is 554. The summed E-state index contributed by atoms with van der Waals surface area (Å²) < 4.78 is 18.8. The summed E-state index contributed by atoms with van der Waals surface area (Å²) in [6.07, 6.45) is 1.02. The number of hydrogen-bond donors (Lipinski definition) is 2. The van der Waals surface area contributed by atoms with E-state index in [1.54, 1.807) is 30.2 Å². The zero-order valence-corrected chi connectivity index (χ0v) is 14.1. The Morgan fingerprint density at radius 1 is 1.46 bits per heavy atom. The zero-order chi connectivity index (χ0) is 17.6. The highest BCUT2D eigenvalue weighted by molar-refractivity contribution is 5.79. The van der Waals surface area contributed by atoms with Crippen molar-refractivity contribution in [2.24, 2.45) is 5.41 Å². The fraction of sp³-hybridized carbons (Fsp3) is 0.611. The second kappa shape index (κ2) is 8.55. The van der Waals surface area contributed by atoms with E-state index in [9.17, 15) is 19.4 Å². The molecule has 0 bridgehead atoms. The summed E-state index contributed by atoms with van der Waals surface area (Å²) in [6.45, 7) is 1.04. The summed E-state index contributed by atoms with van der Waals surface area (Å²) in [5.41, 5.74) is -0.371. The van der Waals surface area contributed by atoms with Crippen molar-refractivity contribution in [3.8, 4) is 0 Å². The predicted octanol–water partition coefficient (Wildman–Crippen LogP) is 1.37. The van der Waals surface area contributed by atoms with Gasteiger partial charge < -0.3 is 19.8 Å². The van der Waals surface area contributed by atoms with Crippen molar-refractivity contribution in [3.05, 3.63) is 35.6 Å². The molecule has 1 heterocycles. The van der Waals surface area contributed by atoms with Gasteiger partial charge in [0.05, 0.1) is 19.1 Å². The summed E-state index contributed by atoms with van der Waals surface area (Å²) in [5.74, 6) is -0.576. The molecule has 0 aliphatic carbocycles. The van der Waals surface area contributed by atoms with Gasteiger partial charge in [-0.15, -0.1) is 0 Å². The molecule has 24 heavy (non-hydrogen) atoms. The molecule has 1 amide bonds. The van der Waals surface area contributed by atoms with E-state index in [0.29, 0.717) is 38.0 Å². The first-order valence-corrected chi connectivity index (χ1v) is 8.31. The molecule has 0 unspecified atom stereocenters. The largest absolute Gasteiger partial charge is 0.396 e. The highest BCUT2D eigenvalue weighted by atomic mass is 19.1. The van der Waals surface area contributed by atoms with Crippen molar-refractivity contribution in [1.29, 1.82) is 0 Å². The molecular formula is C18H26FNO4. The van der Waals surface area contributed by atoms with E-state index >= 15 is 0 Å². The average molecular weight is 339 g/mol. The average Bonchev–Trinajstić information content (AvgIpc) is 2.59. The SMILES string of the molecule is COCCC[C@@]1(CO)CN(C(=O)Cc2ccccc2F)CC[C@H]1O.